The van der Waals surface area contributed by atoms with Crippen molar-refractivity contribution in [2.45, 2.75) is 40.1 Å². The molecule has 0 aliphatic rings. The SMILES string of the molecule is [B]CC(=O)N(CCNC(C)C)CC(=O)C(C)C. The van der Waals surface area contributed by atoms with Gasteiger partial charge in [-0.3, -0.25) is 9.59 Å². The van der Waals surface area contributed by atoms with Crippen molar-refractivity contribution in [2.24, 2.45) is 5.92 Å². The Morgan fingerprint density at radius 1 is 1.24 bits per heavy atom. The van der Waals surface area contributed by atoms with E-state index in [4.69, 9.17) is 7.85 Å². The minimum Gasteiger partial charge on any atom is -0.335 e. The Bertz CT molecular complexity index is 255. The van der Waals surface area contributed by atoms with Crippen LogP contribution in [0.3, 0.4) is 0 Å². The van der Waals surface area contributed by atoms with Crippen molar-refractivity contribution in [3.8, 4) is 0 Å². The molecule has 0 unspecified atom stereocenters. The van der Waals surface area contributed by atoms with Crippen LogP contribution in [0.2, 0.25) is 6.32 Å². The van der Waals surface area contributed by atoms with Gasteiger partial charge in [-0.05, 0) is 6.32 Å². The Labute approximate surface area is 106 Å². The first kappa shape index (κ1) is 16.2. The number of hydrogen-bond donors (Lipinski definition) is 1. The van der Waals surface area contributed by atoms with Crippen LogP contribution in [0.4, 0.5) is 0 Å². The molecule has 0 heterocycles. The van der Waals surface area contributed by atoms with E-state index in [9.17, 15) is 9.59 Å². The van der Waals surface area contributed by atoms with Gasteiger partial charge in [0.05, 0.1) is 14.4 Å². The van der Waals surface area contributed by atoms with Crippen LogP contribution < -0.4 is 5.32 Å². The van der Waals surface area contributed by atoms with Crippen LogP contribution in [0.25, 0.3) is 0 Å². The maximum Gasteiger partial charge on any atom is 0.214 e. The molecule has 1 amide bonds. The molecule has 0 fully saturated rings. The van der Waals surface area contributed by atoms with Crippen molar-refractivity contribution in [1.82, 2.24) is 10.2 Å². The van der Waals surface area contributed by atoms with Gasteiger partial charge in [-0.2, -0.15) is 0 Å². The second-order valence-electron chi connectivity index (χ2n) is 4.75. The summed E-state index contributed by atoms with van der Waals surface area (Å²) in [5.74, 6) is -0.165. The molecule has 0 spiro atoms. The van der Waals surface area contributed by atoms with Gasteiger partial charge < -0.3 is 10.2 Å². The highest BCUT2D eigenvalue weighted by Crippen LogP contribution is 2.00. The maximum absolute atomic E-state index is 11.6. The number of amides is 1. The van der Waals surface area contributed by atoms with E-state index in [2.05, 4.69) is 5.32 Å². The van der Waals surface area contributed by atoms with Crippen LogP contribution in [0.5, 0.6) is 0 Å². The third-order valence-electron chi connectivity index (χ3n) is 2.45. The Morgan fingerprint density at radius 3 is 2.24 bits per heavy atom. The zero-order chi connectivity index (χ0) is 13.4. The van der Waals surface area contributed by atoms with Crippen LogP contribution >= 0.6 is 0 Å². The van der Waals surface area contributed by atoms with E-state index in [0.717, 1.165) is 0 Å². The highest BCUT2D eigenvalue weighted by atomic mass is 16.2. The Morgan fingerprint density at radius 2 is 1.82 bits per heavy atom. The fourth-order valence-electron chi connectivity index (χ4n) is 1.28. The fourth-order valence-corrected chi connectivity index (χ4v) is 1.28. The number of nitrogens with zero attached hydrogens (tertiary/aromatic N) is 1. The van der Waals surface area contributed by atoms with E-state index in [1.807, 2.05) is 27.7 Å². The van der Waals surface area contributed by atoms with Crippen molar-refractivity contribution in [2.75, 3.05) is 19.6 Å². The molecule has 1 N–H and O–H groups in total. The lowest BCUT2D eigenvalue weighted by Gasteiger charge is -2.23. The molecule has 96 valence electrons. The lowest BCUT2D eigenvalue weighted by molar-refractivity contribution is -0.134. The van der Waals surface area contributed by atoms with Crippen LogP contribution in [-0.4, -0.2) is 50.1 Å². The Balaban J connectivity index is 4.24. The van der Waals surface area contributed by atoms with Gasteiger partial charge in [-0.15, -0.1) is 0 Å². The summed E-state index contributed by atoms with van der Waals surface area (Å²) < 4.78 is 0. The van der Waals surface area contributed by atoms with Gasteiger partial charge in [0.15, 0.2) is 5.78 Å². The number of carbonyl (C=O) groups excluding carboxylic acids is 2. The molecular formula is C12H23BN2O2. The molecule has 5 heteroatoms. The molecule has 0 aromatic heterocycles. The molecule has 0 aliphatic heterocycles. The second kappa shape index (κ2) is 8.28. The van der Waals surface area contributed by atoms with Gasteiger partial charge in [-0.25, -0.2) is 0 Å². The number of rotatable bonds is 8. The smallest absolute Gasteiger partial charge is 0.214 e. The zero-order valence-electron chi connectivity index (χ0n) is 11.3. The van der Waals surface area contributed by atoms with E-state index in [0.29, 0.717) is 19.1 Å². The number of carbonyl (C=O) groups is 2. The second-order valence-corrected chi connectivity index (χ2v) is 4.75. The Hall–Kier alpha value is -0.835. The summed E-state index contributed by atoms with van der Waals surface area (Å²) >= 11 is 0. The molecule has 17 heavy (non-hydrogen) atoms. The molecule has 0 aromatic rings. The first-order valence-corrected chi connectivity index (χ1v) is 6.12. The van der Waals surface area contributed by atoms with Crippen molar-refractivity contribution in [3.63, 3.8) is 0 Å². The summed E-state index contributed by atoms with van der Waals surface area (Å²) in [5, 5.41) is 3.21. The van der Waals surface area contributed by atoms with E-state index in [-0.39, 0.29) is 30.5 Å². The number of nitrogens with one attached hydrogen (secondary N) is 1. The molecule has 0 aromatic carbocycles. The van der Waals surface area contributed by atoms with Crippen LogP contribution in [0, 0.1) is 5.92 Å². The minimum absolute atomic E-state index is 0.0486. The molecule has 4 nitrogen and oxygen atoms in total. The maximum atomic E-state index is 11.6. The van der Waals surface area contributed by atoms with Crippen LogP contribution in [0.1, 0.15) is 27.7 Å². The van der Waals surface area contributed by atoms with Gasteiger partial charge in [-0.1, -0.05) is 27.7 Å². The summed E-state index contributed by atoms with van der Waals surface area (Å²) in [5.41, 5.74) is 0. The minimum atomic E-state index is -0.176. The van der Waals surface area contributed by atoms with Gasteiger partial charge >= 0.3 is 0 Å². The standard InChI is InChI=1S/C12H23BN2O2/c1-9(2)11(16)8-15(12(17)7-13)6-5-14-10(3)4/h9-10,14H,5-8H2,1-4H3. The summed E-state index contributed by atoms with van der Waals surface area (Å²) in [7, 11) is 5.33. The van der Waals surface area contributed by atoms with Gasteiger partial charge in [0.25, 0.3) is 0 Å². The molecular weight excluding hydrogens is 215 g/mol. The van der Waals surface area contributed by atoms with Gasteiger partial charge in [0, 0.05) is 25.0 Å². The molecule has 0 rings (SSSR count). The summed E-state index contributed by atoms with van der Waals surface area (Å²) in [6.07, 6.45) is -0.0486. The van der Waals surface area contributed by atoms with E-state index in [1.165, 1.54) is 4.90 Å². The fraction of sp³-hybridized carbons (Fsp3) is 0.833. The lowest BCUT2D eigenvalue weighted by Crippen LogP contribution is -2.42. The first-order chi connectivity index (χ1) is 7.88. The summed E-state index contributed by atoms with van der Waals surface area (Å²) in [6, 6.07) is 0.366. The third kappa shape index (κ3) is 7.16. The highest BCUT2D eigenvalue weighted by Gasteiger charge is 2.17. The average molecular weight is 238 g/mol. The molecule has 0 aliphatic carbocycles. The monoisotopic (exact) mass is 238 g/mol. The normalized spacial score (nSPS) is 10.9. The van der Waals surface area contributed by atoms with Crippen molar-refractivity contribution in [3.05, 3.63) is 0 Å². The summed E-state index contributed by atoms with van der Waals surface area (Å²) in [6.45, 7) is 9.09. The number of Topliss-reactive ketones (excluding diaryl/α,β-unsaturated/α-hetero) is 1. The topological polar surface area (TPSA) is 49.4 Å². The van der Waals surface area contributed by atoms with E-state index >= 15 is 0 Å². The number of ketones is 1. The van der Waals surface area contributed by atoms with Crippen LogP contribution in [-0.2, 0) is 9.59 Å². The summed E-state index contributed by atoms with van der Waals surface area (Å²) in [4.78, 5) is 24.7. The quantitative estimate of drug-likeness (QED) is 0.631. The predicted octanol–water partition coefficient (Wildman–Crippen LogP) is 0.625. The Kier molecular flexibility index (Phi) is 7.88. The lowest BCUT2D eigenvalue weighted by atomic mass is 10.0. The van der Waals surface area contributed by atoms with Crippen molar-refractivity contribution in [1.29, 1.82) is 0 Å². The molecule has 0 atom stereocenters. The zero-order valence-corrected chi connectivity index (χ0v) is 11.3. The van der Waals surface area contributed by atoms with Crippen LogP contribution in [0.15, 0.2) is 0 Å². The molecule has 0 bridgehead atoms. The van der Waals surface area contributed by atoms with Crippen molar-refractivity contribution >= 4 is 19.5 Å². The van der Waals surface area contributed by atoms with Crippen molar-refractivity contribution < 1.29 is 9.59 Å². The molecule has 0 saturated heterocycles. The molecule has 0 saturated carbocycles. The third-order valence-corrected chi connectivity index (χ3v) is 2.45. The average Bonchev–Trinajstić information content (AvgIpc) is 2.25. The largest absolute Gasteiger partial charge is 0.335 e. The molecule has 2 radical (unpaired) electrons. The van der Waals surface area contributed by atoms with Gasteiger partial charge in [0.2, 0.25) is 5.91 Å². The highest BCUT2D eigenvalue weighted by molar-refractivity contribution is 6.19. The van der Waals surface area contributed by atoms with E-state index in [1.54, 1.807) is 0 Å². The van der Waals surface area contributed by atoms with Gasteiger partial charge in [0.1, 0.15) is 0 Å². The number of hydrogen-bond acceptors (Lipinski definition) is 3. The van der Waals surface area contributed by atoms with E-state index < -0.39 is 0 Å². The predicted molar refractivity (Wildman–Crippen MR) is 70.1 cm³/mol. The first-order valence-electron chi connectivity index (χ1n) is 6.12.